The summed E-state index contributed by atoms with van der Waals surface area (Å²) in [4.78, 5) is 22.4. The zero-order valence-corrected chi connectivity index (χ0v) is 10.1. The van der Waals surface area contributed by atoms with Crippen LogP contribution in [-0.2, 0) is 14.3 Å². The second-order valence-corrected chi connectivity index (χ2v) is 3.40. The van der Waals surface area contributed by atoms with Gasteiger partial charge in [-0.1, -0.05) is 6.07 Å². The number of methoxy groups -OCH3 is 2. The summed E-state index contributed by atoms with van der Waals surface area (Å²) in [5.74, 6) is -0.767. The predicted octanol–water partition coefficient (Wildman–Crippen LogP) is 1.37. The van der Waals surface area contributed by atoms with Crippen molar-refractivity contribution in [3.8, 4) is 0 Å². The largest absolute Gasteiger partial charge is 0.468 e. The Balaban J connectivity index is 2.87. The van der Waals surface area contributed by atoms with E-state index >= 15 is 0 Å². The van der Waals surface area contributed by atoms with Crippen molar-refractivity contribution < 1.29 is 19.1 Å². The Morgan fingerprint density at radius 2 is 1.94 bits per heavy atom. The van der Waals surface area contributed by atoms with Crippen molar-refractivity contribution in [2.24, 2.45) is 0 Å². The van der Waals surface area contributed by atoms with E-state index in [1.54, 1.807) is 25.1 Å². The molecule has 1 aromatic rings. The summed E-state index contributed by atoms with van der Waals surface area (Å²) < 4.78 is 9.18. The second kappa shape index (κ2) is 5.89. The van der Waals surface area contributed by atoms with Gasteiger partial charge in [0, 0.05) is 5.69 Å². The van der Waals surface area contributed by atoms with Crippen molar-refractivity contribution in [3.63, 3.8) is 0 Å². The number of benzene rings is 1. The third-order valence-corrected chi connectivity index (χ3v) is 2.39. The molecule has 0 spiro atoms. The first-order chi connectivity index (χ1) is 8.10. The first-order valence-corrected chi connectivity index (χ1v) is 5.08. The average molecular weight is 237 g/mol. The van der Waals surface area contributed by atoms with Gasteiger partial charge in [-0.25, -0.2) is 4.79 Å². The molecule has 1 rings (SSSR count). The van der Waals surface area contributed by atoms with Crippen LogP contribution in [0.15, 0.2) is 18.2 Å². The molecule has 0 aliphatic heterocycles. The molecule has 5 heteroatoms. The van der Waals surface area contributed by atoms with Crippen molar-refractivity contribution in [2.45, 2.75) is 6.92 Å². The van der Waals surface area contributed by atoms with Crippen LogP contribution in [-0.4, -0.2) is 32.7 Å². The van der Waals surface area contributed by atoms with Gasteiger partial charge in [0.25, 0.3) is 0 Å². The van der Waals surface area contributed by atoms with Gasteiger partial charge in [-0.2, -0.15) is 0 Å². The minimum atomic E-state index is -0.399. The predicted molar refractivity (Wildman–Crippen MR) is 63.0 cm³/mol. The molecule has 0 aliphatic carbocycles. The Labute approximate surface area is 99.7 Å². The van der Waals surface area contributed by atoms with Crippen LogP contribution < -0.4 is 5.32 Å². The Morgan fingerprint density at radius 1 is 1.24 bits per heavy atom. The van der Waals surface area contributed by atoms with Gasteiger partial charge >= 0.3 is 11.9 Å². The number of carbonyl (C=O) groups is 2. The number of ether oxygens (including phenoxy) is 2. The summed E-state index contributed by atoms with van der Waals surface area (Å²) in [6.07, 6.45) is 0. The average Bonchev–Trinajstić information content (AvgIpc) is 2.36. The Bertz CT molecular complexity index is 429. The highest BCUT2D eigenvalue weighted by Crippen LogP contribution is 2.19. The van der Waals surface area contributed by atoms with Crippen LogP contribution in [0.5, 0.6) is 0 Å². The van der Waals surface area contributed by atoms with E-state index in [9.17, 15) is 9.59 Å². The van der Waals surface area contributed by atoms with E-state index < -0.39 is 5.97 Å². The maximum atomic E-state index is 11.4. The van der Waals surface area contributed by atoms with Crippen LogP contribution >= 0.6 is 0 Å². The van der Waals surface area contributed by atoms with Gasteiger partial charge in [-0.05, 0) is 24.6 Å². The van der Waals surface area contributed by atoms with Crippen LogP contribution in [0.1, 0.15) is 15.9 Å². The molecular formula is C12H15NO4. The van der Waals surface area contributed by atoms with Crippen molar-refractivity contribution in [1.82, 2.24) is 0 Å². The molecule has 1 N–H and O–H groups in total. The number of nitrogens with one attached hydrogen (secondary N) is 1. The molecule has 0 amide bonds. The molecule has 92 valence electrons. The van der Waals surface area contributed by atoms with Crippen LogP contribution in [0.3, 0.4) is 0 Å². The van der Waals surface area contributed by atoms with Crippen LogP contribution in [0, 0.1) is 6.92 Å². The minimum absolute atomic E-state index is 0.0575. The smallest absolute Gasteiger partial charge is 0.338 e. The van der Waals surface area contributed by atoms with Gasteiger partial charge in [0.05, 0.1) is 19.8 Å². The molecule has 0 saturated carbocycles. The van der Waals surface area contributed by atoms with E-state index in [0.717, 1.165) is 5.56 Å². The maximum absolute atomic E-state index is 11.4. The van der Waals surface area contributed by atoms with Crippen molar-refractivity contribution in [1.29, 1.82) is 0 Å². The minimum Gasteiger partial charge on any atom is -0.468 e. The highest BCUT2D eigenvalue weighted by molar-refractivity contribution is 5.92. The van der Waals surface area contributed by atoms with Crippen LogP contribution in [0.4, 0.5) is 5.69 Å². The fourth-order valence-corrected chi connectivity index (χ4v) is 1.40. The number of esters is 2. The van der Waals surface area contributed by atoms with Gasteiger partial charge < -0.3 is 14.8 Å². The van der Waals surface area contributed by atoms with E-state index in [2.05, 4.69) is 14.8 Å². The number of hydrogen-bond donors (Lipinski definition) is 1. The number of carbonyl (C=O) groups excluding carboxylic acids is 2. The van der Waals surface area contributed by atoms with E-state index in [0.29, 0.717) is 11.3 Å². The number of anilines is 1. The molecule has 0 aliphatic rings. The van der Waals surface area contributed by atoms with E-state index in [4.69, 9.17) is 0 Å². The van der Waals surface area contributed by atoms with E-state index in [1.807, 2.05) is 0 Å². The van der Waals surface area contributed by atoms with Crippen molar-refractivity contribution >= 4 is 17.6 Å². The van der Waals surface area contributed by atoms with Crippen molar-refractivity contribution in [2.75, 3.05) is 26.1 Å². The highest BCUT2D eigenvalue weighted by atomic mass is 16.5. The standard InChI is InChI=1S/C12H15NO4/c1-8-9(12(15)17-3)5-4-6-10(8)13-7-11(14)16-2/h4-6,13H,7H2,1-3H3. The lowest BCUT2D eigenvalue weighted by atomic mass is 10.1. The molecule has 1 aromatic carbocycles. The van der Waals surface area contributed by atoms with Crippen molar-refractivity contribution in [3.05, 3.63) is 29.3 Å². The zero-order valence-electron chi connectivity index (χ0n) is 10.1. The molecule has 0 atom stereocenters. The molecule has 17 heavy (non-hydrogen) atoms. The molecule has 0 heterocycles. The lowest BCUT2D eigenvalue weighted by molar-refractivity contribution is -0.138. The monoisotopic (exact) mass is 237 g/mol. The first kappa shape index (κ1) is 13.0. The third kappa shape index (κ3) is 3.21. The number of hydrogen-bond acceptors (Lipinski definition) is 5. The molecule has 0 fully saturated rings. The molecule has 0 bridgehead atoms. The summed E-state index contributed by atoms with van der Waals surface area (Å²) in [6.45, 7) is 1.84. The molecule has 0 saturated heterocycles. The zero-order chi connectivity index (χ0) is 12.8. The summed E-state index contributed by atoms with van der Waals surface area (Å²) in [5, 5.41) is 2.90. The lowest BCUT2D eigenvalue weighted by Crippen LogP contribution is -2.16. The van der Waals surface area contributed by atoms with Gasteiger partial charge in [-0.3, -0.25) is 4.79 Å². The molecule has 0 unspecified atom stereocenters. The first-order valence-electron chi connectivity index (χ1n) is 5.08. The Kier molecular flexibility index (Phi) is 4.51. The number of rotatable bonds is 4. The molecule has 0 aromatic heterocycles. The summed E-state index contributed by atoms with van der Waals surface area (Å²) >= 11 is 0. The Hall–Kier alpha value is -2.04. The van der Waals surface area contributed by atoms with Gasteiger partial charge in [0.15, 0.2) is 0 Å². The summed E-state index contributed by atoms with van der Waals surface area (Å²) in [7, 11) is 2.65. The molecule has 0 radical (unpaired) electrons. The quantitative estimate of drug-likeness (QED) is 0.801. The third-order valence-electron chi connectivity index (χ3n) is 2.39. The SMILES string of the molecule is COC(=O)CNc1cccc(C(=O)OC)c1C. The van der Waals surface area contributed by atoms with Crippen LogP contribution in [0.2, 0.25) is 0 Å². The highest BCUT2D eigenvalue weighted by Gasteiger charge is 2.12. The molecule has 5 nitrogen and oxygen atoms in total. The van der Waals surface area contributed by atoms with E-state index in [-0.39, 0.29) is 12.5 Å². The topological polar surface area (TPSA) is 64.6 Å². The summed E-state index contributed by atoms with van der Waals surface area (Å²) in [6, 6.07) is 5.17. The maximum Gasteiger partial charge on any atom is 0.338 e. The van der Waals surface area contributed by atoms with Crippen LogP contribution in [0.25, 0.3) is 0 Å². The van der Waals surface area contributed by atoms with Gasteiger partial charge in [0.2, 0.25) is 0 Å². The Morgan fingerprint density at radius 3 is 2.53 bits per heavy atom. The fraction of sp³-hybridized carbons (Fsp3) is 0.333. The van der Waals surface area contributed by atoms with Gasteiger partial charge in [-0.15, -0.1) is 0 Å². The lowest BCUT2D eigenvalue weighted by Gasteiger charge is -2.11. The van der Waals surface area contributed by atoms with Gasteiger partial charge in [0.1, 0.15) is 6.54 Å². The summed E-state index contributed by atoms with van der Waals surface area (Å²) in [5.41, 5.74) is 1.92. The second-order valence-electron chi connectivity index (χ2n) is 3.40. The molecular weight excluding hydrogens is 222 g/mol. The fourth-order valence-electron chi connectivity index (χ4n) is 1.40. The van der Waals surface area contributed by atoms with E-state index in [1.165, 1.54) is 14.2 Å². The normalized spacial score (nSPS) is 9.59.